The molecule has 110 valence electrons. The molecule has 3 rings (SSSR count). The van der Waals surface area contributed by atoms with E-state index in [1.807, 2.05) is 13.0 Å². The smallest absolute Gasteiger partial charge is 0.123 e. The van der Waals surface area contributed by atoms with Crippen molar-refractivity contribution < 1.29 is 4.39 Å². The van der Waals surface area contributed by atoms with Gasteiger partial charge in [-0.25, -0.2) is 4.39 Å². The molecule has 0 radical (unpaired) electrons. The van der Waals surface area contributed by atoms with Gasteiger partial charge in [0.2, 0.25) is 0 Å². The van der Waals surface area contributed by atoms with Crippen LogP contribution < -0.4 is 10.6 Å². The highest BCUT2D eigenvalue weighted by atomic mass is 19.1. The number of hydrogen-bond donors (Lipinski definition) is 1. The fraction of sp³-hybridized carbons (Fsp3) is 0.333. The molecule has 0 unspecified atom stereocenters. The summed E-state index contributed by atoms with van der Waals surface area (Å²) in [5.74, 6) is -0.229. The average Bonchev–Trinajstić information content (AvgIpc) is 2.46. The molecular formula is C18H21FN2. The van der Waals surface area contributed by atoms with Crippen molar-refractivity contribution in [2.75, 3.05) is 11.4 Å². The Morgan fingerprint density at radius 3 is 2.67 bits per heavy atom. The van der Waals surface area contributed by atoms with Gasteiger partial charge in [-0.15, -0.1) is 0 Å². The van der Waals surface area contributed by atoms with Crippen molar-refractivity contribution in [3.05, 3.63) is 58.9 Å². The van der Waals surface area contributed by atoms with Crippen molar-refractivity contribution in [3.8, 4) is 0 Å². The van der Waals surface area contributed by atoms with Crippen LogP contribution >= 0.6 is 0 Å². The summed E-state index contributed by atoms with van der Waals surface area (Å²) in [5.41, 5.74) is 11.8. The van der Waals surface area contributed by atoms with Crippen LogP contribution in [-0.4, -0.2) is 6.54 Å². The van der Waals surface area contributed by atoms with Crippen molar-refractivity contribution in [2.45, 2.75) is 32.7 Å². The number of rotatable bonds is 2. The van der Waals surface area contributed by atoms with Crippen LogP contribution in [0.15, 0.2) is 36.4 Å². The average molecular weight is 284 g/mol. The summed E-state index contributed by atoms with van der Waals surface area (Å²) in [6.07, 6.45) is 2.20. The molecule has 2 aromatic carbocycles. The lowest BCUT2D eigenvalue weighted by atomic mass is 9.97. The molecule has 21 heavy (non-hydrogen) atoms. The highest BCUT2D eigenvalue weighted by molar-refractivity contribution is 5.71. The first-order chi connectivity index (χ1) is 10.1. The van der Waals surface area contributed by atoms with E-state index in [0.29, 0.717) is 0 Å². The zero-order valence-corrected chi connectivity index (χ0v) is 12.6. The number of nitrogens with two attached hydrogens (primary N) is 1. The van der Waals surface area contributed by atoms with E-state index in [0.717, 1.165) is 30.6 Å². The Labute approximate surface area is 125 Å². The van der Waals surface area contributed by atoms with E-state index >= 15 is 0 Å². The van der Waals surface area contributed by atoms with Gasteiger partial charge in [0.15, 0.2) is 0 Å². The topological polar surface area (TPSA) is 29.3 Å². The van der Waals surface area contributed by atoms with Gasteiger partial charge in [0.1, 0.15) is 5.82 Å². The fourth-order valence-corrected chi connectivity index (χ4v) is 3.11. The molecule has 2 N–H and O–H groups in total. The van der Waals surface area contributed by atoms with E-state index in [9.17, 15) is 4.39 Å². The molecule has 2 nitrogen and oxygen atoms in total. The number of anilines is 2. The van der Waals surface area contributed by atoms with Crippen LogP contribution in [0.5, 0.6) is 0 Å². The molecular weight excluding hydrogens is 263 g/mol. The second-order valence-corrected chi connectivity index (χ2v) is 5.88. The van der Waals surface area contributed by atoms with Gasteiger partial charge < -0.3 is 10.6 Å². The van der Waals surface area contributed by atoms with Crippen LogP contribution in [0.1, 0.15) is 36.1 Å². The quantitative estimate of drug-likeness (QED) is 0.893. The summed E-state index contributed by atoms with van der Waals surface area (Å²) in [6, 6.07) is 11.3. The van der Waals surface area contributed by atoms with Crippen molar-refractivity contribution in [3.63, 3.8) is 0 Å². The van der Waals surface area contributed by atoms with Crippen LogP contribution in [0.3, 0.4) is 0 Å². The lowest BCUT2D eigenvalue weighted by Crippen LogP contribution is -2.26. The summed E-state index contributed by atoms with van der Waals surface area (Å²) in [5, 5.41) is 0. The van der Waals surface area contributed by atoms with Crippen LogP contribution in [0.4, 0.5) is 15.8 Å². The molecule has 0 bridgehead atoms. The predicted molar refractivity (Wildman–Crippen MR) is 85.5 cm³/mol. The van der Waals surface area contributed by atoms with Gasteiger partial charge in [0.25, 0.3) is 0 Å². The van der Waals surface area contributed by atoms with E-state index in [1.165, 1.54) is 22.9 Å². The maximum Gasteiger partial charge on any atom is 0.123 e. The second-order valence-electron chi connectivity index (χ2n) is 5.88. The predicted octanol–water partition coefficient (Wildman–Crippen LogP) is 4.24. The Kier molecular flexibility index (Phi) is 3.68. The SMILES string of the molecule is Cc1ccc2c(c1)CCCN2c1ccc(F)cc1[C@@H](C)N. The van der Waals surface area contributed by atoms with Crippen molar-refractivity contribution >= 4 is 11.4 Å². The highest BCUT2D eigenvalue weighted by Crippen LogP contribution is 2.37. The zero-order chi connectivity index (χ0) is 15.0. The highest BCUT2D eigenvalue weighted by Gasteiger charge is 2.21. The zero-order valence-electron chi connectivity index (χ0n) is 12.6. The summed E-state index contributed by atoms with van der Waals surface area (Å²) in [7, 11) is 0. The van der Waals surface area contributed by atoms with Crippen LogP contribution in [0.2, 0.25) is 0 Å². The van der Waals surface area contributed by atoms with E-state index in [1.54, 1.807) is 6.07 Å². The van der Waals surface area contributed by atoms with E-state index in [2.05, 4.69) is 30.0 Å². The van der Waals surface area contributed by atoms with Gasteiger partial charge in [-0.1, -0.05) is 17.7 Å². The minimum Gasteiger partial charge on any atom is -0.341 e. The first-order valence-electron chi connectivity index (χ1n) is 7.48. The molecule has 1 heterocycles. The first kappa shape index (κ1) is 14.1. The molecule has 0 saturated heterocycles. The summed E-state index contributed by atoms with van der Waals surface area (Å²) in [4.78, 5) is 2.27. The van der Waals surface area contributed by atoms with E-state index in [4.69, 9.17) is 5.73 Å². The molecule has 0 aromatic heterocycles. The fourth-order valence-electron chi connectivity index (χ4n) is 3.11. The summed E-state index contributed by atoms with van der Waals surface area (Å²) in [6.45, 7) is 4.96. The van der Waals surface area contributed by atoms with Crippen molar-refractivity contribution in [1.82, 2.24) is 0 Å². The van der Waals surface area contributed by atoms with Gasteiger partial charge in [-0.2, -0.15) is 0 Å². The second kappa shape index (κ2) is 5.49. The van der Waals surface area contributed by atoms with Gasteiger partial charge in [0.05, 0.1) is 0 Å². The van der Waals surface area contributed by atoms with Gasteiger partial charge in [0, 0.05) is 24.0 Å². The lowest BCUT2D eigenvalue weighted by molar-refractivity contribution is 0.621. The molecule has 3 heteroatoms. The number of fused-ring (bicyclic) bond motifs is 1. The Hall–Kier alpha value is -1.87. The van der Waals surface area contributed by atoms with Gasteiger partial charge >= 0.3 is 0 Å². The monoisotopic (exact) mass is 284 g/mol. The van der Waals surface area contributed by atoms with Crippen molar-refractivity contribution in [2.24, 2.45) is 5.73 Å². The van der Waals surface area contributed by atoms with E-state index < -0.39 is 0 Å². The van der Waals surface area contributed by atoms with Crippen LogP contribution in [-0.2, 0) is 6.42 Å². The molecule has 0 amide bonds. The summed E-state index contributed by atoms with van der Waals surface area (Å²) < 4.78 is 13.5. The first-order valence-corrected chi connectivity index (χ1v) is 7.48. The Morgan fingerprint density at radius 2 is 1.90 bits per heavy atom. The third-order valence-corrected chi connectivity index (χ3v) is 4.12. The normalized spacial score (nSPS) is 15.7. The minimum absolute atomic E-state index is 0.188. The Bertz CT molecular complexity index is 664. The molecule has 0 saturated carbocycles. The summed E-state index contributed by atoms with van der Waals surface area (Å²) >= 11 is 0. The molecule has 0 aliphatic carbocycles. The maximum absolute atomic E-state index is 13.5. The van der Waals surface area contributed by atoms with Gasteiger partial charge in [-0.3, -0.25) is 0 Å². The molecule has 1 atom stereocenters. The minimum atomic E-state index is -0.229. The third-order valence-electron chi connectivity index (χ3n) is 4.12. The molecule has 0 spiro atoms. The van der Waals surface area contributed by atoms with Gasteiger partial charge in [-0.05, 0) is 62.1 Å². The van der Waals surface area contributed by atoms with Crippen molar-refractivity contribution in [1.29, 1.82) is 0 Å². The van der Waals surface area contributed by atoms with Crippen LogP contribution in [0.25, 0.3) is 0 Å². The number of halogens is 1. The maximum atomic E-state index is 13.5. The molecule has 1 aliphatic rings. The molecule has 1 aliphatic heterocycles. The Morgan fingerprint density at radius 1 is 1.14 bits per heavy atom. The number of hydrogen-bond acceptors (Lipinski definition) is 2. The van der Waals surface area contributed by atoms with Crippen LogP contribution in [0, 0.1) is 12.7 Å². The number of nitrogens with zero attached hydrogens (tertiary/aromatic N) is 1. The molecule has 2 aromatic rings. The standard InChI is InChI=1S/C18H21FN2/c1-12-5-7-17-14(10-12)4-3-9-21(17)18-8-6-15(19)11-16(18)13(2)20/h5-8,10-11,13H,3-4,9,20H2,1-2H3/t13-/m1/s1. The third kappa shape index (κ3) is 2.66. The lowest BCUT2D eigenvalue weighted by Gasteiger charge is -2.33. The number of benzene rings is 2. The largest absolute Gasteiger partial charge is 0.341 e. The molecule has 0 fully saturated rings. The van der Waals surface area contributed by atoms with E-state index in [-0.39, 0.29) is 11.9 Å². The Balaban J connectivity index is 2.11. The number of aryl methyl sites for hydroxylation is 2.